The number of halogens is 2. The Labute approximate surface area is 116 Å². The van der Waals surface area contributed by atoms with Crippen LogP contribution in [0.3, 0.4) is 0 Å². The molecular weight excluding hydrogens is 271 g/mol. The minimum Gasteiger partial charge on any atom is -0.152 e. The third-order valence-electron chi connectivity index (χ3n) is 2.74. The first-order valence-corrected chi connectivity index (χ1v) is 7.45. The molecule has 1 aromatic carbocycles. The van der Waals surface area contributed by atoms with E-state index < -0.39 is 0 Å². The molecule has 0 saturated carbocycles. The van der Waals surface area contributed by atoms with E-state index in [4.69, 9.17) is 23.2 Å². The molecule has 2 rings (SSSR count). The van der Waals surface area contributed by atoms with Crippen molar-refractivity contribution in [2.45, 2.75) is 12.8 Å². The maximum absolute atomic E-state index is 6.04. The van der Waals surface area contributed by atoms with Gasteiger partial charge in [0.25, 0.3) is 0 Å². The lowest BCUT2D eigenvalue weighted by Gasteiger charge is -2.13. The Hall–Kier alpha value is -0.500. The van der Waals surface area contributed by atoms with Gasteiger partial charge in [0.2, 0.25) is 0 Å². The van der Waals surface area contributed by atoms with E-state index in [9.17, 15) is 0 Å². The quantitative estimate of drug-likeness (QED) is 0.675. The second-order valence-corrected chi connectivity index (χ2v) is 5.72. The highest BCUT2D eigenvalue weighted by Crippen LogP contribution is 2.19. The molecule has 0 radical (unpaired) electrons. The Balaban J connectivity index is 2.00. The van der Waals surface area contributed by atoms with Crippen molar-refractivity contribution in [1.82, 2.24) is 0 Å². The molecular formula is C14H14Cl2S. The number of hydrogen-bond donors (Lipinski definition) is 0. The van der Waals surface area contributed by atoms with Crippen LogP contribution in [-0.2, 0) is 12.8 Å². The Morgan fingerprint density at radius 1 is 1.12 bits per heavy atom. The molecule has 0 N–H and O–H groups in total. The van der Waals surface area contributed by atoms with Crippen molar-refractivity contribution in [3.05, 3.63) is 57.2 Å². The van der Waals surface area contributed by atoms with Gasteiger partial charge in [-0.25, -0.2) is 0 Å². The van der Waals surface area contributed by atoms with E-state index in [-0.39, 0.29) is 0 Å². The second kappa shape index (κ2) is 6.44. The number of benzene rings is 1. The maximum atomic E-state index is 6.04. The van der Waals surface area contributed by atoms with Gasteiger partial charge >= 0.3 is 0 Å². The molecule has 0 nitrogen and oxygen atoms in total. The number of alkyl halides is 1. The van der Waals surface area contributed by atoms with Gasteiger partial charge in [-0.3, -0.25) is 0 Å². The summed E-state index contributed by atoms with van der Waals surface area (Å²) >= 11 is 13.8. The van der Waals surface area contributed by atoms with E-state index in [1.54, 1.807) is 11.3 Å². The lowest BCUT2D eigenvalue weighted by molar-refractivity contribution is 0.585. The van der Waals surface area contributed by atoms with Crippen molar-refractivity contribution >= 4 is 34.5 Å². The zero-order valence-corrected chi connectivity index (χ0v) is 11.7. The van der Waals surface area contributed by atoms with Crippen molar-refractivity contribution < 1.29 is 0 Å². The molecule has 1 aromatic heterocycles. The molecule has 1 heterocycles. The number of thiophene rings is 1. The summed E-state index contributed by atoms with van der Waals surface area (Å²) in [5, 5.41) is 5.10. The van der Waals surface area contributed by atoms with Crippen molar-refractivity contribution in [3.8, 4) is 0 Å². The van der Waals surface area contributed by atoms with Gasteiger partial charge < -0.3 is 0 Å². The molecule has 17 heavy (non-hydrogen) atoms. The fourth-order valence-corrected chi connectivity index (χ4v) is 3.03. The first kappa shape index (κ1) is 12.9. The van der Waals surface area contributed by atoms with E-state index in [0.29, 0.717) is 11.8 Å². The van der Waals surface area contributed by atoms with Crippen molar-refractivity contribution in [2.24, 2.45) is 5.92 Å². The Kier molecular flexibility index (Phi) is 4.90. The van der Waals surface area contributed by atoms with Gasteiger partial charge in [-0.2, -0.15) is 11.3 Å². The van der Waals surface area contributed by atoms with Gasteiger partial charge in [0.1, 0.15) is 0 Å². The van der Waals surface area contributed by atoms with Gasteiger partial charge in [0.05, 0.1) is 0 Å². The zero-order chi connectivity index (χ0) is 12.1. The summed E-state index contributed by atoms with van der Waals surface area (Å²) in [6.45, 7) is 0. The maximum Gasteiger partial charge on any atom is 0.0408 e. The molecule has 1 atom stereocenters. The van der Waals surface area contributed by atoms with Crippen LogP contribution in [0.2, 0.25) is 5.02 Å². The van der Waals surface area contributed by atoms with Gasteiger partial charge in [-0.15, -0.1) is 11.6 Å². The summed E-state index contributed by atoms with van der Waals surface area (Å²) < 4.78 is 0. The fourth-order valence-electron chi connectivity index (χ4n) is 1.92. The molecule has 0 saturated heterocycles. The van der Waals surface area contributed by atoms with Crippen LogP contribution in [0.25, 0.3) is 0 Å². The van der Waals surface area contributed by atoms with Gasteiger partial charge in [-0.05, 0) is 58.8 Å². The predicted octanol–water partition coefficient (Wildman–Crippen LogP) is 5.04. The lowest BCUT2D eigenvalue weighted by Crippen LogP contribution is -2.09. The van der Waals surface area contributed by atoms with Crippen LogP contribution in [0.4, 0.5) is 0 Å². The SMILES string of the molecule is ClCC(Cc1ccsc1)Cc1cccc(Cl)c1. The first-order chi connectivity index (χ1) is 8.28. The largest absolute Gasteiger partial charge is 0.152 e. The molecule has 2 aromatic rings. The molecule has 0 fully saturated rings. The van der Waals surface area contributed by atoms with Crippen LogP contribution in [0.1, 0.15) is 11.1 Å². The fraction of sp³-hybridized carbons (Fsp3) is 0.286. The smallest absolute Gasteiger partial charge is 0.0408 e. The van der Waals surface area contributed by atoms with Gasteiger partial charge in [0.15, 0.2) is 0 Å². The summed E-state index contributed by atoms with van der Waals surface area (Å²) in [7, 11) is 0. The minimum absolute atomic E-state index is 0.477. The molecule has 0 amide bonds. The molecule has 90 valence electrons. The van der Waals surface area contributed by atoms with E-state index in [1.165, 1.54) is 11.1 Å². The highest BCUT2D eigenvalue weighted by molar-refractivity contribution is 7.07. The molecule has 0 aliphatic rings. The van der Waals surface area contributed by atoms with Crippen LogP contribution < -0.4 is 0 Å². The minimum atomic E-state index is 0.477. The lowest BCUT2D eigenvalue weighted by atomic mass is 9.95. The molecule has 1 unspecified atom stereocenters. The topological polar surface area (TPSA) is 0 Å². The van der Waals surface area contributed by atoms with Crippen LogP contribution in [-0.4, -0.2) is 5.88 Å². The first-order valence-electron chi connectivity index (χ1n) is 5.59. The summed E-state index contributed by atoms with van der Waals surface area (Å²) in [5.74, 6) is 1.16. The zero-order valence-electron chi connectivity index (χ0n) is 9.40. The van der Waals surface area contributed by atoms with Gasteiger partial charge in [-0.1, -0.05) is 23.7 Å². The molecule has 0 aliphatic heterocycles. The summed E-state index contributed by atoms with van der Waals surface area (Å²) in [6.07, 6.45) is 2.03. The normalized spacial score (nSPS) is 12.6. The Morgan fingerprint density at radius 2 is 1.94 bits per heavy atom. The molecule has 0 aliphatic carbocycles. The standard InChI is InChI=1S/C14H14Cl2S/c15-9-13(7-12-4-5-17-10-12)6-11-2-1-3-14(16)8-11/h1-5,8,10,13H,6-7,9H2. The number of hydrogen-bond acceptors (Lipinski definition) is 1. The van der Waals surface area contributed by atoms with Crippen molar-refractivity contribution in [2.75, 3.05) is 5.88 Å². The molecule has 3 heteroatoms. The highest BCUT2D eigenvalue weighted by Gasteiger charge is 2.10. The van der Waals surface area contributed by atoms with E-state index in [0.717, 1.165) is 17.9 Å². The van der Waals surface area contributed by atoms with Crippen LogP contribution >= 0.6 is 34.5 Å². The monoisotopic (exact) mass is 284 g/mol. The van der Waals surface area contributed by atoms with Crippen LogP contribution in [0.5, 0.6) is 0 Å². The summed E-state index contributed by atoms with van der Waals surface area (Å²) in [4.78, 5) is 0. The van der Waals surface area contributed by atoms with Crippen molar-refractivity contribution in [1.29, 1.82) is 0 Å². The van der Waals surface area contributed by atoms with Gasteiger partial charge in [0, 0.05) is 10.9 Å². The average molecular weight is 285 g/mol. The van der Waals surface area contributed by atoms with E-state index in [2.05, 4.69) is 22.9 Å². The third-order valence-corrected chi connectivity index (χ3v) is 4.14. The van der Waals surface area contributed by atoms with E-state index >= 15 is 0 Å². The summed E-state index contributed by atoms with van der Waals surface area (Å²) in [5.41, 5.74) is 2.64. The second-order valence-electron chi connectivity index (χ2n) is 4.19. The van der Waals surface area contributed by atoms with Crippen LogP contribution in [0.15, 0.2) is 41.1 Å². The highest BCUT2D eigenvalue weighted by atomic mass is 35.5. The molecule has 0 spiro atoms. The number of rotatable bonds is 5. The third kappa shape index (κ3) is 4.02. The Morgan fingerprint density at radius 3 is 2.59 bits per heavy atom. The van der Waals surface area contributed by atoms with E-state index in [1.807, 2.05) is 18.2 Å². The van der Waals surface area contributed by atoms with Crippen molar-refractivity contribution in [3.63, 3.8) is 0 Å². The Bertz CT molecular complexity index is 451. The predicted molar refractivity (Wildman–Crippen MR) is 77.4 cm³/mol. The summed E-state index contributed by atoms with van der Waals surface area (Å²) in [6, 6.07) is 10.2. The average Bonchev–Trinajstić information content (AvgIpc) is 2.81. The molecule has 0 bridgehead atoms. The van der Waals surface area contributed by atoms with Crippen LogP contribution in [0, 0.1) is 5.92 Å².